The Kier molecular flexibility index (Phi) is 2.93. The minimum absolute atomic E-state index is 0.433. The summed E-state index contributed by atoms with van der Waals surface area (Å²) in [6.45, 7) is 12.9. The van der Waals surface area contributed by atoms with Crippen LogP contribution in [0.15, 0.2) is 22.9 Å². The topological polar surface area (TPSA) is 31.0 Å². The van der Waals surface area contributed by atoms with Gasteiger partial charge in [-0.2, -0.15) is 5.10 Å². The lowest BCUT2D eigenvalue weighted by Gasteiger charge is -2.37. The second kappa shape index (κ2) is 4.01. The van der Waals surface area contributed by atoms with E-state index in [9.17, 15) is 0 Å². The number of fused-ring (bicyclic) bond motifs is 1. The molecule has 0 radical (unpaired) electrons. The lowest BCUT2D eigenvalue weighted by atomic mass is 10.2. The van der Waals surface area contributed by atoms with Gasteiger partial charge in [0.25, 0.3) is 0 Å². The zero-order valence-corrected chi connectivity index (χ0v) is 12.4. The Morgan fingerprint density at radius 1 is 1.35 bits per heavy atom. The van der Waals surface area contributed by atoms with Crippen LogP contribution >= 0.6 is 0 Å². The highest BCUT2D eigenvalue weighted by Gasteiger charge is 2.34. The van der Waals surface area contributed by atoms with Gasteiger partial charge in [0, 0.05) is 6.54 Å². The standard InChI is InChI=1S/C13H22N2OSi/c1-13(2,3)17(4,5)9-7-15-12-11(10-14-15)6-8-16-12/h6,8,10H,7,9H2,1-5H3. The van der Waals surface area contributed by atoms with Crippen molar-refractivity contribution in [3.05, 3.63) is 18.5 Å². The van der Waals surface area contributed by atoms with Gasteiger partial charge in [0.15, 0.2) is 0 Å². The van der Waals surface area contributed by atoms with Gasteiger partial charge in [-0.25, -0.2) is 4.68 Å². The molecule has 0 atom stereocenters. The smallest absolute Gasteiger partial charge is 0.224 e. The van der Waals surface area contributed by atoms with Crippen LogP contribution in [0.3, 0.4) is 0 Å². The fourth-order valence-corrected chi connectivity index (χ4v) is 3.24. The molecule has 2 rings (SSSR count). The van der Waals surface area contributed by atoms with Crippen molar-refractivity contribution in [1.82, 2.24) is 9.78 Å². The van der Waals surface area contributed by atoms with Crippen LogP contribution < -0.4 is 0 Å². The molecule has 0 saturated carbocycles. The van der Waals surface area contributed by atoms with Crippen LogP contribution in [0.2, 0.25) is 24.2 Å². The Morgan fingerprint density at radius 3 is 2.71 bits per heavy atom. The first-order valence-electron chi connectivity index (χ1n) is 6.20. The highest BCUT2D eigenvalue weighted by Crippen LogP contribution is 2.38. The molecule has 2 heterocycles. The van der Waals surface area contributed by atoms with Gasteiger partial charge >= 0.3 is 0 Å². The number of rotatable bonds is 3. The summed E-state index contributed by atoms with van der Waals surface area (Å²) in [7, 11) is -1.23. The summed E-state index contributed by atoms with van der Waals surface area (Å²) in [5, 5.41) is 5.92. The van der Waals surface area contributed by atoms with Crippen molar-refractivity contribution in [3.8, 4) is 0 Å². The Morgan fingerprint density at radius 2 is 2.06 bits per heavy atom. The fraction of sp³-hybridized carbons (Fsp3) is 0.615. The molecule has 0 aromatic carbocycles. The van der Waals surface area contributed by atoms with Crippen LogP contribution in [0.1, 0.15) is 20.8 Å². The predicted molar refractivity (Wildman–Crippen MR) is 74.0 cm³/mol. The number of hydrogen-bond donors (Lipinski definition) is 0. The molecule has 3 nitrogen and oxygen atoms in total. The van der Waals surface area contributed by atoms with Crippen LogP contribution in [0.4, 0.5) is 0 Å². The van der Waals surface area contributed by atoms with Crippen LogP contribution in [-0.2, 0) is 6.54 Å². The summed E-state index contributed by atoms with van der Waals surface area (Å²) in [4.78, 5) is 0. The Hall–Kier alpha value is -1.03. The van der Waals surface area contributed by atoms with Crippen molar-refractivity contribution < 1.29 is 4.42 Å². The molecule has 0 N–H and O–H groups in total. The van der Waals surface area contributed by atoms with Gasteiger partial charge < -0.3 is 4.42 Å². The van der Waals surface area contributed by atoms with E-state index in [1.54, 1.807) is 6.26 Å². The molecule has 17 heavy (non-hydrogen) atoms. The van der Waals surface area contributed by atoms with Gasteiger partial charge in [-0.1, -0.05) is 33.9 Å². The maximum atomic E-state index is 5.46. The first-order chi connectivity index (χ1) is 7.81. The van der Waals surface area contributed by atoms with Crippen molar-refractivity contribution in [3.63, 3.8) is 0 Å². The second-order valence-electron chi connectivity index (χ2n) is 6.43. The number of nitrogens with zero attached hydrogens (tertiary/aromatic N) is 2. The molecule has 94 valence electrons. The summed E-state index contributed by atoms with van der Waals surface area (Å²) < 4.78 is 7.45. The van der Waals surface area contributed by atoms with Gasteiger partial charge in [0.05, 0.1) is 25.9 Å². The summed E-state index contributed by atoms with van der Waals surface area (Å²) in [5.41, 5.74) is 0.906. The zero-order valence-electron chi connectivity index (χ0n) is 11.4. The average Bonchev–Trinajstić information content (AvgIpc) is 2.74. The van der Waals surface area contributed by atoms with E-state index in [0.29, 0.717) is 5.04 Å². The molecule has 0 unspecified atom stereocenters. The largest absolute Gasteiger partial charge is 0.446 e. The first kappa shape index (κ1) is 12.4. The van der Waals surface area contributed by atoms with Crippen molar-refractivity contribution in [1.29, 1.82) is 0 Å². The first-order valence-corrected chi connectivity index (χ1v) is 9.41. The molecule has 0 spiro atoms. The molecular formula is C13H22N2OSi. The van der Waals surface area contributed by atoms with Gasteiger partial charge in [-0.15, -0.1) is 0 Å². The van der Waals surface area contributed by atoms with Crippen LogP contribution in [0, 0.1) is 0 Å². The van der Waals surface area contributed by atoms with Gasteiger partial charge in [0.1, 0.15) is 0 Å². The van der Waals surface area contributed by atoms with E-state index in [-0.39, 0.29) is 0 Å². The van der Waals surface area contributed by atoms with Gasteiger partial charge in [-0.3, -0.25) is 0 Å². The highest BCUT2D eigenvalue weighted by molar-refractivity contribution is 6.80. The van der Waals surface area contributed by atoms with Crippen LogP contribution in [0.5, 0.6) is 0 Å². The molecule has 0 saturated heterocycles. The van der Waals surface area contributed by atoms with Gasteiger partial charge in [-0.05, 0) is 17.1 Å². The maximum Gasteiger partial charge on any atom is 0.224 e. The maximum absolute atomic E-state index is 5.46. The molecule has 2 aromatic rings. The summed E-state index contributed by atoms with van der Waals surface area (Å²) in [5.74, 6) is 0. The van der Waals surface area contributed by atoms with Crippen molar-refractivity contribution in [2.24, 2.45) is 0 Å². The van der Waals surface area contributed by atoms with E-state index in [1.807, 2.05) is 16.9 Å². The van der Waals surface area contributed by atoms with E-state index < -0.39 is 8.07 Å². The van der Waals surface area contributed by atoms with E-state index >= 15 is 0 Å². The summed E-state index contributed by atoms with van der Waals surface area (Å²) in [6, 6.07) is 3.19. The molecular weight excluding hydrogens is 228 g/mol. The molecule has 0 bridgehead atoms. The van der Waals surface area contributed by atoms with Gasteiger partial charge in [0.2, 0.25) is 5.71 Å². The highest BCUT2D eigenvalue weighted by atomic mass is 28.3. The molecule has 0 amide bonds. The number of hydrogen-bond acceptors (Lipinski definition) is 2. The monoisotopic (exact) mass is 250 g/mol. The minimum Gasteiger partial charge on any atom is -0.446 e. The molecule has 0 aliphatic heterocycles. The Labute approximate surface area is 104 Å². The molecule has 0 aliphatic rings. The van der Waals surface area contributed by atoms with E-state index in [1.165, 1.54) is 6.04 Å². The van der Waals surface area contributed by atoms with E-state index in [2.05, 4.69) is 39.0 Å². The van der Waals surface area contributed by atoms with Crippen molar-refractivity contribution >= 4 is 19.2 Å². The quantitative estimate of drug-likeness (QED) is 0.767. The third kappa shape index (κ3) is 2.32. The lowest BCUT2D eigenvalue weighted by molar-refractivity contribution is 0.540. The Balaban J connectivity index is 2.11. The summed E-state index contributed by atoms with van der Waals surface area (Å²) in [6.07, 6.45) is 3.61. The third-order valence-corrected chi connectivity index (χ3v) is 9.76. The van der Waals surface area contributed by atoms with Crippen LogP contribution in [-0.4, -0.2) is 17.9 Å². The number of aromatic nitrogens is 2. The third-order valence-electron chi connectivity index (χ3n) is 4.22. The molecule has 2 aromatic heterocycles. The molecule has 4 heteroatoms. The van der Waals surface area contributed by atoms with Crippen molar-refractivity contribution in [2.75, 3.05) is 0 Å². The van der Waals surface area contributed by atoms with E-state index in [0.717, 1.165) is 17.6 Å². The molecule has 0 aliphatic carbocycles. The number of furan rings is 1. The number of aryl methyl sites for hydroxylation is 1. The van der Waals surface area contributed by atoms with Crippen LogP contribution in [0.25, 0.3) is 11.1 Å². The molecule has 0 fully saturated rings. The van der Waals surface area contributed by atoms with E-state index in [4.69, 9.17) is 4.42 Å². The fourth-order valence-electron chi connectivity index (χ4n) is 1.72. The lowest BCUT2D eigenvalue weighted by Crippen LogP contribution is -2.37. The second-order valence-corrected chi connectivity index (χ2v) is 12.2. The summed E-state index contributed by atoms with van der Waals surface area (Å²) >= 11 is 0. The normalized spacial score (nSPS) is 13.5. The SMILES string of the molecule is CC(C)(C)[Si](C)(C)CCn1ncc2ccoc21. The zero-order chi connectivity index (χ0) is 12.7. The predicted octanol–water partition coefficient (Wildman–Crippen LogP) is 4.14. The average molecular weight is 250 g/mol. The minimum atomic E-state index is -1.23. The Bertz CT molecular complexity index is 505. The van der Waals surface area contributed by atoms with Crippen molar-refractivity contribution in [2.45, 2.75) is 51.5 Å².